The van der Waals surface area contributed by atoms with Crippen molar-refractivity contribution in [3.8, 4) is 0 Å². The van der Waals surface area contributed by atoms with Gasteiger partial charge in [-0.25, -0.2) is 8.42 Å². The lowest BCUT2D eigenvalue weighted by Gasteiger charge is -2.34. The monoisotopic (exact) mass is 205 g/mol. The molecule has 2 atom stereocenters. The summed E-state index contributed by atoms with van der Waals surface area (Å²) >= 11 is 0. The smallest absolute Gasteiger partial charge is 0.235 e. The van der Waals surface area contributed by atoms with Crippen molar-refractivity contribution in [2.45, 2.75) is 25.8 Å². The third-order valence-electron chi connectivity index (χ3n) is 2.36. The third-order valence-corrected chi connectivity index (χ3v) is 3.15. The average molecular weight is 205 g/mol. The maximum Gasteiger partial charge on any atom is 0.235 e. The van der Waals surface area contributed by atoms with E-state index in [0.29, 0.717) is 5.92 Å². The lowest BCUT2D eigenvalue weighted by Crippen LogP contribution is -2.47. The van der Waals surface area contributed by atoms with Gasteiger partial charge in [-0.05, 0) is 18.8 Å². The molecule has 1 aliphatic carbocycles. The van der Waals surface area contributed by atoms with Gasteiger partial charge < -0.3 is 5.32 Å². The van der Waals surface area contributed by atoms with E-state index < -0.39 is 15.6 Å². The molecule has 1 fully saturated rings. The van der Waals surface area contributed by atoms with E-state index >= 15 is 0 Å². The van der Waals surface area contributed by atoms with Crippen molar-refractivity contribution >= 4 is 15.7 Å². The fraction of sp³-hybridized carbons (Fsp3) is 0.875. The molecule has 1 N–H and O–H groups in total. The van der Waals surface area contributed by atoms with Crippen LogP contribution in [-0.2, 0) is 14.6 Å². The minimum Gasteiger partial charge on any atom is -0.352 e. The second-order valence-electron chi connectivity index (χ2n) is 3.80. The summed E-state index contributed by atoms with van der Waals surface area (Å²) in [7, 11) is -3.18. The maximum absolute atomic E-state index is 11.1. The van der Waals surface area contributed by atoms with Gasteiger partial charge in [-0.2, -0.15) is 0 Å². The van der Waals surface area contributed by atoms with Gasteiger partial charge in [-0.15, -0.1) is 0 Å². The van der Waals surface area contributed by atoms with Crippen molar-refractivity contribution in [3.05, 3.63) is 0 Å². The van der Waals surface area contributed by atoms with Gasteiger partial charge >= 0.3 is 0 Å². The number of rotatable bonds is 3. The van der Waals surface area contributed by atoms with Crippen molar-refractivity contribution in [2.24, 2.45) is 5.92 Å². The molecule has 0 bridgehead atoms. The van der Waals surface area contributed by atoms with Crippen LogP contribution in [0.25, 0.3) is 0 Å². The minimum atomic E-state index is -3.18. The summed E-state index contributed by atoms with van der Waals surface area (Å²) in [5.74, 6) is -0.279. The zero-order chi connectivity index (χ0) is 10.1. The second kappa shape index (κ2) is 3.65. The normalized spacial score (nSPS) is 27.8. The van der Waals surface area contributed by atoms with Gasteiger partial charge in [0.2, 0.25) is 5.91 Å². The first-order valence-corrected chi connectivity index (χ1v) is 6.41. The molecular formula is C8H15NO3S. The Bertz CT molecular complexity index is 297. The van der Waals surface area contributed by atoms with Gasteiger partial charge in [0.1, 0.15) is 5.75 Å². The number of hydrogen-bond acceptors (Lipinski definition) is 3. The zero-order valence-electron chi connectivity index (χ0n) is 7.91. The van der Waals surface area contributed by atoms with Gasteiger partial charge in [0, 0.05) is 12.3 Å². The molecule has 0 heterocycles. The van der Waals surface area contributed by atoms with E-state index in [2.05, 4.69) is 12.2 Å². The Balaban J connectivity index is 2.34. The van der Waals surface area contributed by atoms with E-state index in [1.807, 2.05) is 0 Å². The average Bonchev–Trinajstić information content (AvgIpc) is 1.94. The Labute approximate surface area is 78.6 Å². The van der Waals surface area contributed by atoms with Gasteiger partial charge in [0.25, 0.3) is 0 Å². The predicted molar refractivity (Wildman–Crippen MR) is 50.0 cm³/mol. The number of carbonyl (C=O) groups is 1. The summed E-state index contributed by atoms with van der Waals surface area (Å²) < 4.78 is 21.5. The van der Waals surface area contributed by atoms with Crippen molar-refractivity contribution < 1.29 is 13.2 Å². The molecule has 1 amide bonds. The molecule has 0 radical (unpaired) electrons. The van der Waals surface area contributed by atoms with Crippen LogP contribution in [0, 0.1) is 5.92 Å². The first-order chi connectivity index (χ1) is 5.88. The Morgan fingerprint density at radius 2 is 2.08 bits per heavy atom. The van der Waals surface area contributed by atoms with E-state index in [9.17, 15) is 13.2 Å². The van der Waals surface area contributed by atoms with Crippen LogP contribution in [0.4, 0.5) is 0 Å². The van der Waals surface area contributed by atoms with Crippen LogP contribution in [0.3, 0.4) is 0 Å². The highest BCUT2D eigenvalue weighted by Crippen LogP contribution is 2.26. The van der Waals surface area contributed by atoms with Gasteiger partial charge in [-0.1, -0.05) is 6.92 Å². The van der Waals surface area contributed by atoms with E-state index in [-0.39, 0.29) is 11.9 Å². The molecule has 0 aliphatic heterocycles. The molecule has 0 saturated heterocycles. The summed E-state index contributed by atoms with van der Waals surface area (Å²) in [5, 5.41) is 2.70. The Morgan fingerprint density at radius 3 is 2.38 bits per heavy atom. The van der Waals surface area contributed by atoms with Crippen LogP contribution in [0.5, 0.6) is 0 Å². The Hall–Kier alpha value is -0.580. The second-order valence-corrected chi connectivity index (χ2v) is 5.94. The molecule has 76 valence electrons. The number of amides is 1. The highest BCUT2D eigenvalue weighted by Gasteiger charge is 2.28. The predicted octanol–water partition coefficient (Wildman–Crippen LogP) is -0.0543. The summed E-state index contributed by atoms with van der Waals surface area (Å²) in [6.45, 7) is 2.05. The Kier molecular flexibility index (Phi) is 2.95. The molecule has 0 aromatic carbocycles. The van der Waals surface area contributed by atoms with Crippen LogP contribution in [-0.4, -0.2) is 32.4 Å². The van der Waals surface area contributed by atoms with Crippen LogP contribution >= 0.6 is 0 Å². The molecule has 13 heavy (non-hydrogen) atoms. The standard InChI is InChI=1S/C8H15NO3S/c1-6-3-4-7(6)9-8(10)5-13(2,11)12/h6-7H,3-5H2,1-2H3,(H,9,10). The lowest BCUT2D eigenvalue weighted by molar-refractivity contribution is -0.120. The van der Waals surface area contributed by atoms with Crippen LogP contribution in [0.1, 0.15) is 19.8 Å². The molecular weight excluding hydrogens is 190 g/mol. The molecule has 2 unspecified atom stereocenters. The number of sulfone groups is 1. The molecule has 4 nitrogen and oxygen atoms in total. The zero-order valence-corrected chi connectivity index (χ0v) is 8.73. The molecule has 0 spiro atoms. The Morgan fingerprint density at radius 1 is 1.46 bits per heavy atom. The van der Waals surface area contributed by atoms with Crippen LogP contribution in [0.2, 0.25) is 0 Å². The van der Waals surface area contributed by atoms with E-state index in [1.165, 1.54) is 0 Å². The van der Waals surface area contributed by atoms with E-state index in [0.717, 1.165) is 19.1 Å². The van der Waals surface area contributed by atoms with Crippen molar-refractivity contribution in [2.75, 3.05) is 12.0 Å². The summed E-state index contributed by atoms with van der Waals surface area (Å²) in [6, 6.07) is 0.189. The van der Waals surface area contributed by atoms with Gasteiger partial charge in [0.15, 0.2) is 9.84 Å². The summed E-state index contributed by atoms with van der Waals surface area (Å²) in [5.41, 5.74) is 0. The van der Waals surface area contributed by atoms with Crippen LogP contribution in [0.15, 0.2) is 0 Å². The quantitative estimate of drug-likeness (QED) is 0.702. The fourth-order valence-electron chi connectivity index (χ4n) is 1.37. The van der Waals surface area contributed by atoms with Crippen molar-refractivity contribution in [1.82, 2.24) is 5.32 Å². The first-order valence-electron chi connectivity index (χ1n) is 4.35. The van der Waals surface area contributed by atoms with Gasteiger partial charge in [-0.3, -0.25) is 4.79 Å². The largest absolute Gasteiger partial charge is 0.352 e. The molecule has 1 aliphatic rings. The van der Waals surface area contributed by atoms with Crippen molar-refractivity contribution in [3.63, 3.8) is 0 Å². The SMILES string of the molecule is CC1CCC1NC(=O)CS(C)(=O)=O. The van der Waals surface area contributed by atoms with Gasteiger partial charge in [0.05, 0.1) is 0 Å². The molecule has 1 rings (SSSR count). The number of carbonyl (C=O) groups excluding carboxylic acids is 1. The number of nitrogens with one attached hydrogen (secondary N) is 1. The highest BCUT2D eigenvalue weighted by molar-refractivity contribution is 7.91. The lowest BCUT2D eigenvalue weighted by atomic mass is 9.81. The summed E-state index contributed by atoms with van der Waals surface area (Å²) in [4.78, 5) is 11.1. The van der Waals surface area contributed by atoms with Crippen molar-refractivity contribution in [1.29, 1.82) is 0 Å². The van der Waals surface area contributed by atoms with Crippen LogP contribution < -0.4 is 5.32 Å². The van der Waals surface area contributed by atoms with E-state index in [4.69, 9.17) is 0 Å². The first kappa shape index (κ1) is 10.5. The third kappa shape index (κ3) is 3.34. The number of hydrogen-bond donors (Lipinski definition) is 1. The van der Waals surface area contributed by atoms with E-state index in [1.54, 1.807) is 0 Å². The fourth-order valence-corrected chi connectivity index (χ4v) is 1.93. The molecule has 1 saturated carbocycles. The molecule has 0 aromatic heterocycles. The summed E-state index contributed by atoms with van der Waals surface area (Å²) in [6.07, 6.45) is 3.15. The topological polar surface area (TPSA) is 63.2 Å². The highest BCUT2D eigenvalue weighted by atomic mass is 32.2. The molecule has 0 aromatic rings. The molecule has 5 heteroatoms. The maximum atomic E-state index is 11.1. The minimum absolute atomic E-state index is 0.189.